The molecule has 0 amide bonds. The molecule has 102 valence electrons. The first-order chi connectivity index (χ1) is 10.4. The fourth-order valence-electron chi connectivity index (χ4n) is 3.31. The summed E-state index contributed by atoms with van der Waals surface area (Å²) in [6.45, 7) is 0.840. The van der Waals surface area contributed by atoms with Gasteiger partial charge in [-0.1, -0.05) is 60.7 Å². The normalized spacial score (nSPS) is 15.6. The summed E-state index contributed by atoms with van der Waals surface area (Å²) in [5.41, 5.74) is 4.82. The van der Waals surface area contributed by atoms with Gasteiger partial charge >= 0.3 is 0 Å². The molecule has 21 heavy (non-hydrogen) atoms. The first kappa shape index (κ1) is 12.3. The zero-order chi connectivity index (χ0) is 14.1. The fraction of sp³-hybridized carbons (Fsp3) is 0.105. The minimum atomic E-state index is -0.277. The first-order valence-corrected chi connectivity index (χ1v) is 7.21. The van der Waals surface area contributed by atoms with Crippen LogP contribution in [0.5, 0.6) is 0 Å². The zero-order valence-corrected chi connectivity index (χ0v) is 11.7. The van der Waals surface area contributed by atoms with Gasteiger partial charge in [0.1, 0.15) is 0 Å². The third-order valence-electron chi connectivity index (χ3n) is 4.27. The summed E-state index contributed by atoms with van der Waals surface area (Å²) in [4.78, 5) is 4.27. The third-order valence-corrected chi connectivity index (χ3v) is 4.27. The van der Waals surface area contributed by atoms with Crippen LogP contribution in [0.3, 0.4) is 0 Å². The van der Waals surface area contributed by atoms with Gasteiger partial charge in [0.2, 0.25) is 0 Å². The van der Waals surface area contributed by atoms with Crippen LogP contribution in [0.2, 0.25) is 0 Å². The highest BCUT2D eigenvalue weighted by Gasteiger charge is 2.41. The summed E-state index contributed by atoms with van der Waals surface area (Å²) in [6.07, 6.45) is 3.85. The molecule has 0 unspecified atom stereocenters. The summed E-state index contributed by atoms with van der Waals surface area (Å²) in [7, 11) is 0. The average molecular weight is 272 g/mol. The topological polar surface area (TPSA) is 24.9 Å². The van der Waals surface area contributed by atoms with Gasteiger partial charge in [0, 0.05) is 18.9 Å². The van der Waals surface area contributed by atoms with Gasteiger partial charge in [0.05, 0.1) is 5.54 Å². The molecule has 0 saturated carbocycles. The molecule has 0 bridgehead atoms. The molecular formula is C19H16N2. The smallest absolute Gasteiger partial charge is 0.0954 e. The van der Waals surface area contributed by atoms with E-state index in [4.69, 9.17) is 0 Å². The Labute approximate surface area is 124 Å². The molecule has 1 aliphatic heterocycles. The Hall–Kier alpha value is -2.45. The van der Waals surface area contributed by atoms with Crippen LogP contribution >= 0.6 is 0 Å². The predicted octanol–water partition coefficient (Wildman–Crippen LogP) is 3.48. The highest BCUT2D eigenvalue weighted by Crippen LogP contribution is 2.41. The summed E-state index contributed by atoms with van der Waals surface area (Å²) < 4.78 is 0. The van der Waals surface area contributed by atoms with Crippen LogP contribution in [-0.4, -0.2) is 4.98 Å². The van der Waals surface area contributed by atoms with Crippen LogP contribution < -0.4 is 5.32 Å². The summed E-state index contributed by atoms with van der Waals surface area (Å²) in [5.74, 6) is 0. The highest BCUT2D eigenvalue weighted by atomic mass is 15.0. The Morgan fingerprint density at radius 3 is 2.05 bits per heavy atom. The number of nitrogens with zero attached hydrogens (tertiary/aromatic N) is 1. The van der Waals surface area contributed by atoms with E-state index in [1.54, 1.807) is 0 Å². The van der Waals surface area contributed by atoms with Gasteiger partial charge in [-0.3, -0.25) is 10.3 Å². The Kier molecular flexibility index (Phi) is 2.83. The van der Waals surface area contributed by atoms with E-state index in [9.17, 15) is 0 Å². The number of fused-ring (bicyclic) bond motifs is 1. The minimum absolute atomic E-state index is 0.277. The number of aromatic nitrogens is 1. The second-order valence-electron chi connectivity index (χ2n) is 5.37. The van der Waals surface area contributed by atoms with E-state index in [0.29, 0.717) is 0 Å². The monoisotopic (exact) mass is 272 g/mol. The molecule has 0 fully saturated rings. The second-order valence-corrected chi connectivity index (χ2v) is 5.37. The molecule has 2 heteroatoms. The molecule has 2 nitrogen and oxygen atoms in total. The van der Waals surface area contributed by atoms with Crippen LogP contribution in [0.15, 0.2) is 79.1 Å². The van der Waals surface area contributed by atoms with Crippen molar-refractivity contribution in [3.05, 3.63) is 101 Å². The summed E-state index contributed by atoms with van der Waals surface area (Å²) in [6, 6.07) is 23.4. The second kappa shape index (κ2) is 4.83. The maximum Gasteiger partial charge on any atom is 0.0954 e. The maximum absolute atomic E-state index is 4.27. The molecular weight excluding hydrogens is 256 g/mol. The van der Waals surface area contributed by atoms with Crippen molar-refractivity contribution in [2.24, 2.45) is 0 Å². The van der Waals surface area contributed by atoms with Gasteiger partial charge in [-0.05, 0) is 28.3 Å². The SMILES string of the molecule is c1ccc(C2(c3ccccc3)NCc3cnccc32)cc1. The molecule has 0 saturated heterocycles. The molecule has 1 aromatic heterocycles. The van der Waals surface area contributed by atoms with Crippen LogP contribution in [-0.2, 0) is 12.1 Å². The van der Waals surface area contributed by atoms with Crippen LogP contribution in [0, 0.1) is 0 Å². The number of nitrogens with one attached hydrogen (secondary N) is 1. The van der Waals surface area contributed by atoms with Crippen molar-refractivity contribution in [3.8, 4) is 0 Å². The van der Waals surface area contributed by atoms with Crippen molar-refractivity contribution in [2.75, 3.05) is 0 Å². The molecule has 3 aromatic rings. The number of hydrogen-bond acceptors (Lipinski definition) is 2. The number of benzene rings is 2. The van der Waals surface area contributed by atoms with E-state index in [1.165, 1.54) is 22.3 Å². The molecule has 2 heterocycles. The number of rotatable bonds is 2. The van der Waals surface area contributed by atoms with Crippen LogP contribution in [0.1, 0.15) is 22.3 Å². The van der Waals surface area contributed by atoms with Gasteiger partial charge in [-0.25, -0.2) is 0 Å². The van der Waals surface area contributed by atoms with Gasteiger partial charge in [0.15, 0.2) is 0 Å². The Balaban J connectivity index is 2.02. The maximum atomic E-state index is 4.27. The summed E-state index contributed by atoms with van der Waals surface area (Å²) >= 11 is 0. The molecule has 0 aliphatic carbocycles. The lowest BCUT2D eigenvalue weighted by Gasteiger charge is -2.32. The lowest BCUT2D eigenvalue weighted by molar-refractivity contribution is 0.519. The van der Waals surface area contributed by atoms with Gasteiger partial charge in [0.25, 0.3) is 0 Å². The molecule has 0 radical (unpaired) electrons. The average Bonchev–Trinajstić information content (AvgIpc) is 2.97. The molecule has 1 aliphatic rings. The van der Waals surface area contributed by atoms with Crippen molar-refractivity contribution >= 4 is 0 Å². The zero-order valence-electron chi connectivity index (χ0n) is 11.7. The largest absolute Gasteiger partial charge is 0.296 e. The van der Waals surface area contributed by atoms with Crippen LogP contribution in [0.4, 0.5) is 0 Å². The third kappa shape index (κ3) is 1.80. The fourth-order valence-corrected chi connectivity index (χ4v) is 3.31. The Morgan fingerprint density at radius 2 is 1.43 bits per heavy atom. The lowest BCUT2D eigenvalue weighted by atomic mass is 9.78. The quantitative estimate of drug-likeness (QED) is 0.772. The van der Waals surface area contributed by atoms with Crippen molar-refractivity contribution in [2.45, 2.75) is 12.1 Å². The first-order valence-electron chi connectivity index (χ1n) is 7.21. The van der Waals surface area contributed by atoms with E-state index in [2.05, 4.69) is 77.0 Å². The molecule has 0 atom stereocenters. The molecule has 0 spiro atoms. The van der Waals surface area contributed by atoms with Crippen molar-refractivity contribution in [1.29, 1.82) is 0 Å². The number of hydrogen-bond donors (Lipinski definition) is 1. The van der Waals surface area contributed by atoms with Crippen molar-refractivity contribution < 1.29 is 0 Å². The van der Waals surface area contributed by atoms with E-state index in [0.717, 1.165) is 6.54 Å². The van der Waals surface area contributed by atoms with Gasteiger partial charge < -0.3 is 0 Å². The predicted molar refractivity (Wildman–Crippen MR) is 83.8 cm³/mol. The van der Waals surface area contributed by atoms with E-state index >= 15 is 0 Å². The standard InChI is InChI=1S/C19H16N2/c1-3-7-16(8-4-1)19(17-9-5-2-6-10-17)18-11-12-20-13-15(18)14-21-19/h1-13,21H,14H2. The lowest BCUT2D eigenvalue weighted by Crippen LogP contribution is -2.39. The Bertz CT molecular complexity index is 711. The van der Waals surface area contributed by atoms with E-state index in [1.807, 2.05) is 12.4 Å². The van der Waals surface area contributed by atoms with Crippen molar-refractivity contribution in [3.63, 3.8) is 0 Å². The molecule has 4 rings (SSSR count). The Morgan fingerprint density at radius 1 is 0.810 bits per heavy atom. The van der Waals surface area contributed by atoms with Gasteiger partial charge in [-0.2, -0.15) is 0 Å². The van der Waals surface area contributed by atoms with Crippen LogP contribution in [0.25, 0.3) is 0 Å². The molecule has 1 N–H and O–H groups in total. The highest BCUT2D eigenvalue weighted by molar-refractivity contribution is 5.54. The van der Waals surface area contributed by atoms with E-state index in [-0.39, 0.29) is 5.54 Å². The minimum Gasteiger partial charge on any atom is -0.296 e. The number of pyridine rings is 1. The van der Waals surface area contributed by atoms with E-state index < -0.39 is 0 Å². The summed E-state index contributed by atoms with van der Waals surface area (Å²) in [5, 5.41) is 3.73. The molecule has 2 aromatic carbocycles. The van der Waals surface area contributed by atoms with Gasteiger partial charge in [-0.15, -0.1) is 0 Å². The van der Waals surface area contributed by atoms with Crippen molar-refractivity contribution in [1.82, 2.24) is 10.3 Å².